The van der Waals surface area contributed by atoms with E-state index in [1.54, 1.807) is 0 Å². The molecule has 0 saturated carbocycles. The maximum Gasteiger partial charge on any atom is 0.386 e. The molecule has 0 amide bonds. The predicted octanol–water partition coefficient (Wildman–Crippen LogP) is 5.17. The maximum atomic E-state index is 10.4. The highest BCUT2D eigenvalue weighted by atomic mass is 19.4. The van der Waals surface area contributed by atoms with E-state index in [0.29, 0.717) is 6.04 Å². The van der Waals surface area contributed by atoms with Crippen LogP contribution in [-0.4, -0.2) is 41.7 Å². The highest BCUT2D eigenvalue weighted by Crippen LogP contribution is 2.27. The van der Waals surface area contributed by atoms with E-state index in [1.165, 1.54) is 47.3 Å². The van der Waals surface area contributed by atoms with Gasteiger partial charge in [-0.25, -0.2) is 0 Å². The monoisotopic (exact) mass is 464 g/mol. The van der Waals surface area contributed by atoms with Crippen molar-refractivity contribution in [3.05, 3.63) is 64.5 Å². The molecule has 2 aliphatic rings. The van der Waals surface area contributed by atoms with Gasteiger partial charge in [0.1, 0.15) is 0 Å². The standard InChI is InChI=1S/C21H27N3.C3H9N.C2H3F3/c1-16-4-8-20(23-12-16)9-6-17-5-7-18-14-24(15-19(18)11-17)21-3-2-10-22-13-21;1-2-3-4;1-2(3,4)5/h4-5,7-8,11-12,21-22H,2-3,6,9-10,13-15H2,1H3;2-4H2,1H3;1H3. The summed E-state index contributed by atoms with van der Waals surface area (Å²) in [7, 11) is 0. The summed E-state index contributed by atoms with van der Waals surface area (Å²) in [6.45, 7) is 9.74. The molecule has 1 saturated heterocycles. The van der Waals surface area contributed by atoms with Crippen LogP contribution in [-0.2, 0) is 25.9 Å². The molecule has 0 spiro atoms. The fraction of sp³-hybridized carbons (Fsp3) is 0.577. The number of pyridine rings is 1. The summed E-state index contributed by atoms with van der Waals surface area (Å²) in [4.78, 5) is 7.18. The van der Waals surface area contributed by atoms with Crippen LogP contribution in [0.1, 0.15) is 61.1 Å². The van der Waals surface area contributed by atoms with E-state index >= 15 is 0 Å². The largest absolute Gasteiger partial charge is 0.386 e. The molecule has 1 aromatic carbocycles. The van der Waals surface area contributed by atoms with Crippen molar-refractivity contribution in [2.45, 2.75) is 78.2 Å². The normalized spacial score (nSPS) is 18.0. The number of nitrogens with two attached hydrogens (primary N) is 1. The summed E-state index contributed by atoms with van der Waals surface area (Å²) in [5.41, 5.74) is 12.0. The van der Waals surface area contributed by atoms with Crippen LogP contribution in [0.15, 0.2) is 36.5 Å². The zero-order valence-corrected chi connectivity index (χ0v) is 20.2. The van der Waals surface area contributed by atoms with Gasteiger partial charge >= 0.3 is 6.18 Å². The molecule has 3 N–H and O–H groups in total. The molecule has 0 aliphatic carbocycles. The third-order valence-corrected chi connectivity index (χ3v) is 5.74. The minimum absolute atomic E-state index is 0.188. The average molecular weight is 465 g/mol. The Bertz CT molecular complexity index is 807. The van der Waals surface area contributed by atoms with Crippen molar-refractivity contribution in [3.63, 3.8) is 0 Å². The van der Waals surface area contributed by atoms with Crippen LogP contribution in [0, 0.1) is 6.92 Å². The number of rotatable bonds is 5. The molecular weight excluding hydrogens is 425 g/mol. The van der Waals surface area contributed by atoms with Gasteiger partial charge in [-0.15, -0.1) is 0 Å². The number of fused-ring (bicyclic) bond motifs is 1. The van der Waals surface area contributed by atoms with Gasteiger partial charge in [-0.1, -0.05) is 31.2 Å². The van der Waals surface area contributed by atoms with Crippen molar-refractivity contribution in [1.82, 2.24) is 15.2 Å². The third kappa shape index (κ3) is 10.7. The second-order valence-corrected chi connectivity index (χ2v) is 8.91. The molecule has 1 fully saturated rings. The van der Waals surface area contributed by atoms with Crippen molar-refractivity contribution in [2.75, 3.05) is 19.6 Å². The molecule has 2 aromatic rings. The molecule has 33 heavy (non-hydrogen) atoms. The van der Waals surface area contributed by atoms with E-state index in [9.17, 15) is 13.2 Å². The van der Waals surface area contributed by atoms with Crippen LogP contribution in [0.25, 0.3) is 0 Å². The van der Waals surface area contributed by atoms with Gasteiger partial charge in [0.15, 0.2) is 0 Å². The van der Waals surface area contributed by atoms with Crippen LogP contribution >= 0.6 is 0 Å². The SMILES string of the molecule is CC(F)(F)F.CCCN.Cc1ccc(CCc2ccc3c(c2)CN(C2CCCNC2)C3)nc1. The Kier molecular flexibility index (Phi) is 11.3. The van der Waals surface area contributed by atoms with E-state index in [0.717, 1.165) is 45.4 Å². The lowest BCUT2D eigenvalue weighted by Gasteiger charge is -2.31. The molecule has 1 aromatic heterocycles. The van der Waals surface area contributed by atoms with Gasteiger partial charge < -0.3 is 11.1 Å². The van der Waals surface area contributed by atoms with E-state index in [4.69, 9.17) is 5.73 Å². The summed E-state index contributed by atoms with van der Waals surface area (Å²) in [5, 5.41) is 3.54. The minimum atomic E-state index is -4.00. The smallest absolute Gasteiger partial charge is 0.330 e. The Labute approximate surface area is 196 Å². The number of benzene rings is 1. The van der Waals surface area contributed by atoms with Crippen LogP contribution in [0.4, 0.5) is 13.2 Å². The molecule has 184 valence electrons. The second kappa shape index (κ2) is 13.7. The second-order valence-electron chi connectivity index (χ2n) is 8.91. The Balaban J connectivity index is 0.000000368. The van der Waals surface area contributed by atoms with Gasteiger partial charge in [0.2, 0.25) is 0 Å². The average Bonchev–Trinajstić information content (AvgIpc) is 3.22. The van der Waals surface area contributed by atoms with Crippen molar-refractivity contribution in [3.8, 4) is 0 Å². The van der Waals surface area contributed by atoms with E-state index < -0.39 is 6.18 Å². The number of halogens is 3. The molecule has 1 atom stereocenters. The molecular formula is C26H39F3N4. The van der Waals surface area contributed by atoms with Gasteiger partial charge in [0.25, 0.3) is 0 Å². The van der Waals surface area contributed by atoms with Crippen LogP contribution in [0.3, 0.4) is 0 Å². The molecule has 0 radical (unpaired) electrons. The first-order valence-corrected chi connectivity index (χ1v) is 11.9. The lowest BCUT2D eigenvalue weighted by atomic mass is 10.0. The number of nitrogens with one attached hydrogen (secondary N) is 1. The van der Waals surface area contributed by atoms with Gasteiger partial charge in [-0.2, -0.15) is 13.2 Å². The number of nitrogens with zero attached hydrogens (tertiary/aromatic N) is 2. The van der Waals surface area contributed by atoms with Crippen molar-refractivity contribution < 1.29 is 13.2 Å². The Hall–Kier alpha value is -1.96. The molecule has 7 heteroatoms. The zero-order valence-electron chi connectivity index (χ0n) is 20.2. The first kappa shape index (κ1) is 27.3. The number of hydrogen-bond acceptors (Lipinski definition) is 4. The molecule has 3 heterocycles. The first-order chi connectivity index (χ1) is 15.7. The van der Waals surface area contributed by atoms with Gasteiger partial charge in [-0.3, -0.25) is 9.88 Å². The van der Waals surface area contributed by atoms with E-state index in [1.807, 2.05) is 6.20 Å². The summed E-state index contributed by atoms with van der Waals surface area (Å²) in [5.74, 6) is 0. The molecule has 2 aliphatic heterocycles. The lowest BCUT2D eigenvalue weighted by Crippen LogP contribution is -2.43. The highest BCUT2D eigenvalue weighted by Gasteiger charge is 2.26. The maximum absolute atomic E-state index is 10.4. The lowest BCUT2D eigenvalue weighted by molar-refractivity contribution is -0.110. The summed E-state index contributed by atoms with van der Waals surface area (Å²) in [6.07, 6.45) is 3.82. The molecule has 0 bridgehead atoms. The quantitative estimate of drug-likeness (QED) is 0.641. The topological polar surface area (TPSA) is 54.2 Å². The van der Waals surface area contributed by atoms with Crippen molar-refractivity contribution in [2.24, 2.45) is 5.73 Å². The summed E-state index contributed by atoms with van der Waals surface area (Å²) < 4.78 is 31.1. The number of piperidine rings is 1. The number of alkyl halides is 3. The Morgan fingerprint density at radius 3 is 2.39 bits per heavy atom. The van der Waals surface area contributed by atoms with Gasteiger partial charge in [-0.05, 0) is 80.4 Å². The minimum Gasteiger partial charge on any atom is -0.330 e. The summed E-state index contributed by atoms with van der Waals surface area (Å²) in [6, 6.07) is 12.1. The van der Waals surface area contributed by atoms with E-state index in [-0.39, 0.29) is 6.92 Å². The molecule has 4 nitrogen and oxygen atoms in total. The third-order valence-electron chi connectivity index (χ3n) is 5.74. The van der Waals surface area contributed by atoms with Gasteiger partial charge in [0.05, 0.1) is 0 Å². The predicted molar refractivity (Wildman–Crippen MR) is 129 cm³/mol. The fourth-order valence-corrected chi connectivity index (χ4v) is 3.95. The zero-order chi connectivity index (χ0) is 24.3. The van der Waals surface area contributed by atoms with E-state index in [2.05, 4.69) is 59.4 Å². The first-order valence-electron chi connectivity index (χ1n) is 11.9. The fourth-order valence-electron chi connectivity index (χ4n) is 3.95. The van der Waals surface area contributed by atoms with Crippen molar-refractivity contribution in [1.29, 1.82) is 0 Å². The number of hydrogen-bond donors (Lipinski definition) is 2. The van der Waals surface area contributed by atoms with Crippen molar-refractivity contribution >= 4 is 0 Å². The van der Waals surface area contributed by atoms with Gasteiger partial charge in [0, 0.05) is 44.5 Å². The Morgan fingerprint density at radius 2 is 1.82 bits per heavy atom. The van der Waals surface area contributed by atoms with Crippen LogP contribution in [0.5, 0.6) is 0 Å². The van der Waals surface area contributed by atoms with Crippen LogP contribution < -0.4 is 11.1 Å². The Morgan fingerprint density at radius 1 is 1.12 bits per heavy atom. The molecule has 4 rings (SSSR count). The highest BCUT2D eigenvalue weighted by molar-refractivity contribution is 5.35. The van der Waals surface area contributed by atoms with Crippen LogP contribution in [0.2, 0.25) is 0 Å². The summed E-state index contributed by atoms with van der Waals surface area (Å²) >= 11 is 0. The number of aryl methyl sites for hydroxylation is 3. The molecule has 1 unspecified atom stereocenters. The number of aromatic nitrogens is 1.